The fourth-order valence-corrected chi connectivity index (χ4v) is 2.33. The Labute approximate surface area is 151 Å². The summed E-state index contributed by atoms with van der Waals surface area (Å²) in [5.74, 6) is -1.75. The third kappa shape index (κ3) is 7.49. The monoisotopic (exact) mass is 376 g/mol. The van der Waals surface area contributed by atoms with Gasteiger partial charge in [-0.25, -0.2) is 0 Å². The highest BCUT2D eigenvalue weighted by molar-refractivity contribution is 6.43. The van der Waals surface area contributed by atoms with Crippen LogP contribution in [0.1, 0.15) is 26.7 Å². The molecule has 0 saturated heterocycles. The fourth-order valence-electron chi connectivity index (χ4n) is 1.99. The first-order valence-corrected chi connectivity index (χ1v) is 8.46. The van der Waals surface area contributed by atoms with Gasteiger partial charge in [0.1, 0.15) is 6.04 Å². The second kappa shape index (κ2) is 10.5. The van der Waals surface area contributed by atoms with Crippen molar-refractivity contribution in [2.75, 3.05) is 18.5 Å². The van der Waals surface area contributed by atoms with Crippen LogP contribution in [0, 0.1) is 0 Å². The minimum absolute atomic E-state index is 0.134. The average Bonchev–Trinajstić information content (AvgIpc) is 2.50. The largest absolute Gasteiger partial charge is 0.544 e. The summed E-state index contributed by atoms with van der Waals surface area (Å²) in [5, 5.41) is 15.8. The third-order valence-electron chi connectivity index (χ3n) is 3.18. The van der Waals surface area contributed by atoms with Gasteiger partial charge < -0.3 is 25.3 Å². The van der Waals surface area contributed by atoms with Crippen LogP contribution in [0.25, 0.3) is 0 Å². The van der Waals surface area contributed by atoms with E-state index in [1.54, 1.807) is 23.5 Å². The number of nitrogens with two attached hydrogens (primary N) is 1. The van der Waals surface area contributed by atoms with Crippen LogP contribution in [-0.4, -0.2) is 37.2 Å². The number of quaternary nitrogens is 1. The molecule has 0 aliphatic rings. The molecule has 0 aliphatic heterocycles. The Kier molecular flexibility index (Phi) is 9.07. The van der Waals surface area contributed by atoms with E-state index in [1.165, 1.54) is 0 Å². The number of amides is 1. The lowest BCUT2D eigenvalue weighted by molar-refractivity contribution is -0.682. The minimum atomic E-state index is -1.29. The molecular formula is C16H22Cl2N2O4. The maximum Gasteiger partial charge on any atom is 0.230 e. The molecule has 0 aliphatic carbocycles. The molecular weight excluding hydrogens is 355 g/mol. The van der Waals surface area contributed by atoms with E-state index in [0.29, 0.717) is 30.3 Å². The number of hydrogen-bond acceptors (Lipinski definition) is 4. The summed E-state index contributed by atoms with van der Waals surface area (Å²) in [7, 11) is 0. The predicted octanol–water partition coefficient (Wildman–Crippen LogP) is 0.819. The van der Waals surface area contributed by atoms with Crippen LogP contribution in [0.4, 0.5) is 5.69 Å². The van der Waals surface area contributed by atoms with Crippen molar-refractivity contribution < 1.29 is 24.7 Å². The first kappa shape index (κ1) is 20.7. The number of nitrogens with one attached hydrogen (secondary N) is 1. The minimum Gasteiger partial charge on any atom is -0.544 e. The molecule has 1 aromatic rings. The Morgan fingerprint density at radius 3 is 2.67 bits per heavy atom. The van der Waals surface area contributed by atoms with E-state index in [-0.39, 0.29) is 17.5 Å². The van der Waals surface area contributed by atoms with Crippen LogP contribution in [0.2, 0.25) is 10.0 Å². The summed E-state index contributed by atoms with van der Waals surface area (Å²) in [6, 6.07) is 3.85. The smallest absolute Gasteiger partial charge is 0.230 e. The molecule has 1 rings (SSSR count). The number of carbonyl (C=O) groups excluding carboxylic acids is 2. The van der Waals surface area contributed by atoms with E-state index < -0.39 is 17.9 Å². The van der Waals surface area contributed by atoms with Gasteiger partial charge in [-0.05, 0) is 26.0 Å². The number of halogens is 2. The van der Waals surface area contributed by atoms with Gasteiger partial charge >= 0.3 is 0 Å². The van der Waals surface area contributed by atoms with Gasteiger partial charge in [-0.15, -0.1) is 0 Å². The number of benzene rings is 1. The second-order valence-electron chi connectivity index (χ2n) is 5.58. The first-order valence-electron chi connectivity index (χ1n) is 7.71. The summed E-state index contributed by atoms with van der Waals surface area (Å²) in [4.78, 5) is 23.2. The number of hydrogen-bond donors (Lipinski definition) is 2. The molecule has 134 valence electrons. The average molecular weight is 377 g/mol. The number of ether oxygens (including phenoxy) is 1. The van der Waals surface area contributed by atoms with Gasteiger partial charge in [0.05, 0.1) is 47.4 Å². The quantitative estimate of drug-likeness (QED) is 0.591. The van der Waals surface area contributed by atoms with Crippen molar-refractivity contribution >= 4 is 40.8 Å². The van der Waals surface area contributed by atoms with Crippen molar-refractivity contribution in [2.45, 2.75) is 38.8 Å². The molecule has 1 aromatic carbocycles. The summed E-state index contributed by atoms with van der Waals surface area (Å²) in [5.41, 5.74) is 0.344. The number of carbonyl (C=O) groups is 2. The van der Waals surface area contributed by atoms with Crippen LogP contribution >= 0.6 is 23.2 Å². The molecule has 0 aromatic heterocycles. The predicted molar refractivity (Wildman–Crippen MR) is 91.0 cm³/mol. The Bertz CT molecular complexity index is 567. The van der Waals surface area contributed by atoms with Crippen molar-refractivity contribution in [3.8, 4) is 0 Å². The van der Waals surface area contributed by atoms with Crippen LogP contribution < -0.4 is 15.7 Å². The van der Waals surface area contributed by atoms with Crippen molar-refractivity contribution in [3.63, 3.8) is 0 Å². The highest BCUT2D eigenvalue weighted by Gasteiger charge is 2.19. The standard InChI is InChI=1S/C16H22Cl2N2O4/c1-10(2)24-8-4-7-19-13(16(22)23)9-14(21)20-12-6-3-5-11(17)15(12)18/h3,5-6,10,13,19H,4,7-9H2,1-2H3,(H,20,21)(H,22,23)/t13-/m0/s1. The number of aliphatic carboxylic acids is 1. The van der Waals surface area contributed by atoms with Gasteiger partial charge in [0.15, 0.2) is 0 Å². The highest BCUT2D eigenvalue weighted by Crippen LogP contribution is 2.29. The van der Waals surface area contributed by atoms with Gasteiger partial charge in [0, 0.05) is 6.42 Å². The molecule has 8 heteroatoms. The Morgan fingerprint density at radius 2 is 2.04 bits per heavy atom. The van der Waals surface area contributed by atoms with Crippen molar-refractivity contribution in [1.29, 1.82) is 0 Å². The zero-order chi connectivity index (χ0) is 18.1. The molecule has 1 amide bonds. The van der Waals surface area contributed by atoms with Crippen molar-refractivity contribution in [2.24, 2.45) is 0 Å². The fraction of sp³-hybridized carbons (Fsp3) is 0.500. The number of carboxylic acid groups (broad SMARTS) is 1. The molecule has 3 N–H and O–H groups in total. The second-order valence-corrected chi connectivity index (χ2v) is 6.36. The van der Waals surface area contributed by atoms with Gasteiger partial charge in [-0.2, -0.15) is 0 Å². The van der Waals surface area contributed by atoms with Crippen LogP contribution in [0.5, 0.6) is 0 Å². The van der Waals surface area contributed by atoms with Crippen molar-refractivity contribution in [1.82, 2.24) is 0 Å². The normalized spacial score (nSPS) is 12.2. The van der Waals surface area contributed by atoms with E-state index in [9.17, 15) is 14.7 Å². The molecule has 0 unspecified atom stereocenters. The Morgan fingerprint density at radius 1 is 1.33 bits per heavy atom. The molecule has 0 bridgehead atoms. The molecule has 0 saturated carbocycles. The lowest BCUT2D eigenvalue weighted by atomic mass is 10.2. The number of carboxylic acids is 1. The zero-order valence-corrected chi connectivity index (χ0v) is 15.2. The van der Waals surface area contributed by atoms with E-state index in [0.717, 1.165) is 0 Å². The molecule has 0 fully saturated rings. The molecule has 0 heterocycles. The lowest BCUT2D eigenvalue weighted by Crippen LogP contribution is -2.93. The van der Waals surface area contributed by atoms with Gasteiger partial charge in [-0.3, -0.25) is 4.79 Å². The number of rotatable bonds is 10. The lowest BCUT2D eigenvalue weighted by Gasteiger charge is -2.17. The first-order chi connectivity index (χ1) is 11.3. The molecule has 0 radical (unpaired) electrons. The zero-order valence-electron chi connectivity index (χ0n) is 13.7. The van der Waals surface area contributed by atoms with Gasteiger partial charge in [0.25, 0.3) is 0 Å². The SMILES string of the molecule is CC(C)OCCC[NH2+][C@@H](CC(=O)Nc1cccc(Cl)c1Cl)C(=O)[O-]. The summed E-state index contributed by atoms with van der Waals surface area (Å²) in [6.07, 6.45) is 0.593. The summed E-state index contributed by atoms with van der Waals surface area (Å²) >= 11 is 11.9. The third-order valence-corrected chi connectivity index (χ3v) is 4.00. The van der Waals surface area contributed by atoms with Gasteiger partial charge in [0.2, 0.25) is 5.91 Å². The van der Waals surface area contributed by atoms with E-state index in [4.69, 9.17) is 27.9 Å². The maximum absolute atomic E-state index is 12.0. The summed E-state index contributed by atoms with van der Waals surface area (Å²) in [6.45, 7) is 4.92. The molecule has 1 atom stereocenters. The Hall–Kier alpha value is -1.34. The summed E-state index contributed by atoms with van der Waals surface area (Å²) < 4.78 is 5.38. The van der Waals surface area contributed by atoms with Crippen LogP contribution in [0.15, 0.2) is 18.2 Å². The van der Waals surface area contributed by atoms with E-state index in [2.05, 4.69) is 5.32 Å². The van der Waals surface area contributed by atoms with E-state index in [1.807, 2.05) is 13.8 Å². The molecule has 6 nitrogen and oxygen atoms in total. The topological polar surface area (TPSA) is 95.1 Å². The number of anilines is 1. The maximum atomic E-state index is 12.0. The van der Waals surface area contributed by atoms with E-state index >= 15 is 0 Å². The van der Waals surface area contributed by atoms with Crippen LogP contribution in [-0.2, 0) is 14.3 Å². The Balaban J connectivity index is 2.48. The van der Waals surface area contributed by atoms with Crippen LogP contribution in [0.3, 0.4) is 0 Å². The highest BCUT2D eigenvalue weighted by atomic mass is 35.5. The molecule has 24 heavy (non-hydrogen) atoms. The molecule has 0 spiro atoms. The van der Waals surface area contributed by atoms with Crippen molar-refractivity contribution in [3.05, 3.63) is 28.2 Å². The van der Waals surface area contributed by atoms with Gasteiger partial charge in [-0.1, -0.05) is 29.3 Å².